The minimum Gasteiger partial charge on any atom is -0.497 e. The van der Waals surface area contributed by atoms with E-state index >= 15 is 0 Å². The van der Waals surface area contributed by atoms with Gasteiger partial charge >= 0.3 is 0 Å². The van der Waals surface area contributed by atoms with Gasteiger partial charge in [-0.3, -0.25) is 0 Å². The van der Waals surface area contributed by atoms with Gasteiger partial charge in [-0.15, -0.1) is 0 Å². The summed E-state index contributed by atoms with van der Waals surface area (Å²) in [4.78, 5) is 0. The van der Waals surface area contributed by atoms with Gasteiger partial charge in [0.1, 0.15) is 11.5 Å². The van der Waals surface area contributed by atoms with Crippen LogP contribution in [0.3, 0.4) is 0 Å². The zero-order chi connectivity index (χ0) is 23.2. The molecule has 2 radical (unpaired) electrons. The highest BCUT2D eigenvalue weighted by molar-refractivity contribution is 6.92. The summed E-state index contributed by atoms with van der Waals surface area (Å²) in [6.07, 6.45) is 0. The molecule has 33 heavy (non-hydrogen) atoms. The molecule has 0 N–H and O–H groups in total. The SMILES string of the molecule is COc1cccc(C)c1[Si](O[Si](c1ccccc1)c1c(C)cccc1OC)c1ccccc1. The van der Waals surface area contributed by atoms with Crippen LogP contribution in [0.5, 0.6) is 11.5 Å². The molecule has 0 aliphatic heterocycles. The maximum absolute atomic E-state index is 7.29. The largest absolute Gasteiger partial charge is 0.497 e. The zero-order valence-corrected chi connectivity index (χ0v) is 21.5. The second-order valence-electron chi connectivity index (χ2n) is 7.80. The first-order valence-electron chi connectivity index (χ1n) is 10.9. The molecule has 3 nitrogen and oxygen atoms in total. The molecular weight excluding hydrogens is 440 g/mol. The quantitative estimate of drug-likeness (QED) is 0.372. The summed E-state index contributed by atoms with van der Waals surface area (Å²) < 4.78 is 18.9. The van der Waals surface area contributed by atoms with Gasteiger partial charge in [-0.1, -0.05) is 84.9 Å². The molecule has 5 heteroatoms. The van der Waals surface area contributed by atoms with Crippen LogP contribution in [0.15, 0.2) is 97.1 Å². The van der Waals surface area contributed by atoms with Crippen LogP contribution in [0.25, 0.3) is 0 Å². The number of hydrogen-bond donors (Lipinski definition) is 0. The molecule has 0 aromatic heterocycles. The van der Waals surface area contributed by atoms with E-state index in [-0.39, 0.29) is 0 Å². The van der Waals surface area contributed by atoms with Crippen molar-refractivity contribution < 1.29 is 13.6 Å². The Labute approximate surface area is 200 Å². The highest BCUT2D eigenvalue weighted by Crippen LogP contribution is 2.16. The number of methoxy groups -OCH3 is 2. The summed E-state index contributed by atoms with van der Waals surface area (Å²) in [6.45, 7) is 4.27. The number of benzene rings is 4. The Morgan fingerprint density at radius 2 is 0.879 bits per heavy atom. The van der Waals surface area contributed by atoms with Crippen LogP contribution < -0.4 is 30.2 Å². The predicted molar refractivity (Wildman–Crippen MR) is 139 cm³/mol. The maximum Gasteiger partial charge on any atom is 0.276 e. The lowest BCUT2D eigenvalue weighted by molar-refractivity contribution is 0.416. The molecule has 0 bridgehead atoms. The van der Waals surface area contributed by atoms with Crippen molar-refractivity contribution >= 4 is 38.8 Å². The molecule has 0 fully saturated rings. The third kappa shape index (κ3) is 4.95. The second kappa shape index (κ2) is 10.7. The normalized spacial score (nSPS) is 11.1. The summed E-state index contributed by atoms with van der Waals surface area (Å²) in [7, 11) is 0.183. The van der Waals surface area contributed by atoms with Crippen molar-refractivity contribution in [2.45, 2.75) is 13.8 Å². The molecule has 4 aromatic rings. The van der Waals surface area contributed by atoms with Crippen LogP contribution in [-0.4, -0.2) is 32.3 Å². The average Bonchev–Trinajstić information content (AvgIpc) is 2.86. The number of hydrogen-bond acceptors (Lipinski definition) is 3. The van der Waals surface area contributed by atoms with E-state index in [1.54, 1.807) is 14.2 Å². The van der Waals surface area contributed by atoms with E-state index in [2.05, 4.69) is 74.5 Å². The minimum atomic E-state index is -1.64. The molecule has 0 aliphatic rings. The lowest BCUT2D eigenvalue weighted by atomic mass is 10.2. The lowest BCUT2D eigenvalue weighted by Gasteiger charge is -2.27. The van der Waals surface area contributed by atoms with Gasteiger partial charge < -0.3 is 13.6 Å². The molecule has 4 rings (SSSR count). The Hall–Kier alpha value is -3.13. The molecule has 0 unspecified atom stereocenters. The Bertz CT molecular complexity index is 1100. The van der Waals surface area contributed by atoms with Crippen LogP contribution in [0.2, 0.25) is 0 Å². The van der Waals surface area contributed by atoms with Gasteiger partial charge in [0.15, 0.2) is 0 Å². The fourth-order valence-corrected chi connectivity index (χ4v) is 9.84. The van der Waals surface area contributed by atoms with Gasteiger partial charge in [-0.25, -0.2) is 0 Å². The van der Waals surface area contributed by atoms with E-state index in [9.17, 15) is 0 Å². The number of rotatable bonds is 8. The van der Waals surface area contributed by atoms with E-state index in [0.29, 0.717) is 0 Å². The molecule has 0 amide bonds. The van der Waals surface area contributed by atoms with Crippen LogP contribution in [0.4, 0.5) is 0 Å². The molecule has 4 aromatic carbocycles. The monoisotopic (exact) mass is 468 g/mol. The van der Waals surface area contributed by atoms with E-state index < -0.39 is 18.1 Å². The molecule has 0 heterocycles. The molecule has 0 aliphatic carbocycles. The Morgan fingerprint density at radius 3 is 1.24 bits per heavy atom. The fraction of sp³-hybridized carbons (Fsp3) is 0.143. The van der Waals surface area contributed by atoms with Gasteiger partial charge in [0.2, 0.25) is 0 Å². The van der Waals surface area contributed by atoms with E-state index in [0.717, 1.165) is 21.9 Å². The van der Waals surface area contributed by atoms with Gasteiger partial charge in [0.25, 0.3) is 18.1 Å². The molecule has 0 saturated heterocycles. The van der Waals surface area contributed by atoms with Gasteiger partial charge in [-0.05, 0) is 47.5 Å². The summed E-state index contributed by atoms with van der Waals surface area (Å²) in [5.41, 5.74) is 2.36. The van der Waals surface area contributed by atoms with E-state index in [1.807, 2.05) is 36.4 Å². The zero-order valence-electron chi connectivity index (χ0n) is 19.5. The standard InChI is InChI=1S/C28H28O3Si2/c1-21-13-11-19-25(29-3)27(21)32(23-15-7-5-8-16-23)31-33(24-17-9-6-10-18-24)28-22(2)14-12-20-26(28)30-4/h5-20H,1-4H3. The topological polar surface area (TPSA) is 27.7 Å². The van der Waals surface area contributed by atoms with Gasteiger partial charge in [0, 0.05) is 10.4 Å². The van der Waals surface area contributed by atoms with Gasteiger partial charge in [-0.2, -0.15) is 0 Å². The summed E-state index contributed by atoms with van der Waals surface area (Å²) in [5.74, 6) is 1.75. The van der Waals surface area contributed by atoms with E-state index in [1.165, 1.54) is 21.5 Å². The first-order chi connectivity index (χ1) is 16.1. The van der Waals surface area contributed by atoms with Crippen molar-refractivity contribution in [1.82, 2.24) is 0 Å². The van der Waals surface area contributed by atoms with Crippen LogP contribution in [0, 0.1) is 13.8 Å². The summed E-state index contributed by atoms with van der Waals surface area (Å²) in [6, 6.07) is 33.5. The molecular formula is C28H28O3Si2. The minimum absolute atomic E-state index is 0.874. The molecule has 166 valence electrons. The van der Waals surface area contributed by atoms with Crippen molar-refractivity contribution in [3.8, 4) is 11.5 Å². The number of ether oxygens (including phenoxy) is 2. The first kappa shape index (κ1) is 23.0. The fourth-order valence-electron chi connectivity index (χ4n) is 3.99. The van der Waals surface area contributed by atoms with Gasteiger partial charge in [0.05, 0.1) is 14.2 Å². The highest BCUT2D eigenvalue weighted by Gasteiger charge is 2.33. The average molecular weight is 469 g/mol. The Balaban J connectivity index is 1.92. The molecule has 0 atom stereocenters. The van der Waals surface area contributed by atoms with Crippen molar-refractivity contribution in [3.63, 3.8) is 0 Å². The molecule has 0 spiro atoms. The first-order valence-corrected chi connectivity index (χ1v) is 13.8. The van der Waals surface area contributed by atoms with Crippen molar-refractivity contribution in [3.05, 3.63) is 108 Å². The van der Waals surface area contributed by atoms with E-state index in [4.69, 9.17) is 13.6 Å². The third-order valence-electron chi connectivity index (χ3n) is 5.64. The maximum atomic E-state index is 7.29. The second-order valence-corrected chi connectivity index (χ2v) is 12.1. The number of aryl methyl sites for hydroxylation is 2. The highest BCUT2D eigenvalue weighted by atomic mass is 28.4. The van der Waals surface area contributed by atoms with Crippen LogP contribution >= 0.6 is 0 Å². The van der Waals surface area contributed by atoms with Crippen molar-refractivity contribution in [2.24, 2.45) is 0 Å². The van der Waals surface area contributed by atoms with Crippen molar-refractivity contribution in [2.75, 3.05) is 14.2 Å². The van der Waals surface area contributed by atoms with Crippen LogP contribution in [-0.2, 0) is 4.12 Å². The van der Waals surface area contributed by atoms with Crippen LogP contribution in [0.1, 0.15) is 11.1 Å². The Morgan fingerprint density at radius 1 is 0.485 bits per heavy atom. The lowest BCUT2D eigenvalue weighted by Crippen LogP contribution is -2.57. The summed E-state index contributed by atoms with van der Waals surface area (Å²) >= 11 is 0. The summed E-state index contributed by atoms with van der Waals surface area (Å²) in [5, 5.41) is 4.70. The Kier molecular flexibility index (Phi) is 7.44. The van der Waals surface area contributed by atoms with Crippen molar-refractivity contribution in [1.29, 1.82) is 0 Å². The predicted octanol–water partition coefficient (Wildman–Crippen LogP) is 3.25. The third-order valence-corrected chi connectivity index (χ3v) is 11.2. The smallest absolute Gasteiger partial charge is 0.276 e. The molecule has 0 saturated carbocycles.